The highest BCUT2D eigenvalue weighted by atomic mass is 16.7. The van der Waals surface area contributed by atoms with Crippen molar-refractivity contribution in [2.45, 2.75) is 25.5 Å². The van der Waals surface area contributed by atoms with Crippen LogP contribution in [0.1, 0.15) is 40.2 Å². The van der Waals surface area contributed by atoms with Crippen LogP contribution in [0, 0.1) is 18.8 Å². The molecule has 0 fully saturated rings. The first-order valence-corrected chi connectivity index (χ1v) is 12.2. The van der Waals surface area contributed by atoms with Crippen molar-refractivity contribution in [1.29, 1.82) is 0 Å². The van der Waals surface area contributed by atoms with E-state index in [4.69, 9.17) is 28.1 Å². The van der Waals surface area contributed by atoms with Gasteiger partial charge in [-0.15, -0.1) is 0 Å². The average Bonchev–Trinajstić information content (AvgIpc) is 3.57. The fourth-order valence-corrected chi connectivity index (χ4v) is 5.47. The summed E-state index contributed by atoms with van der Waals surface area (Å²) in [5, 5.41) is 24.8. The van der Waals surface area contributed by atoms with E-state index < -0.39 is 30.5 Å². The highest BCUT2D eigenvalue weighted by Crippen LogP contribution is 2.53. The van der Waals surface area contributed by atoms with Crippen molar-refractivity contribution in [3.05, 3.63) is 64.6 Å². The Labute approximate surface area is 220 Å². The van der Waals surface area contributed by atoms with Gasteiger partial charge in [-0.25, -0.2) is 0 Å². The van der Waals surface area contributed by atoms with Crippen molar-refractivity contribution < 1.29 is 43.1 Å². The third-order valence-electron chi connectivity index (χ3n) is 7.25. The van der Waals surface area contributed by atoms with E-state index in [1.165, 1.54) is 21.3 Å². The van der Waals surface area contributed by atoms with E-state index in [1.807, 2.05) is 13.0 Å². The van der Waals surface area contributed by atoms with Gasteiger partial charge in [-0.1, -0.05) is 0 Å². The number of ether oxygens (including phenoxy) is 5. The fraction of sp³-hybridized carbons (Fsp3) is 0.393. The van der Waals surface area contributed by atoms with Crippen LogP contribution < -0.4 is 29.0 Å². The van der Waals surface area contributed by atoms with Crippen LogP contribution in [0.15, 0.2) is 40.8 Å². The second kappa shape index (κ2) is 10.5. The van der Waals surface area contributed by atoms with Crippen molar-refractivity contribution in [3.8, 4) is 28.7 Å². The molecule has 10 nitrogen and oxygen atoms in total. The molecule has 2 aliphatic rings. The van der Waals surface area contributed by atoms with Crippen LogP contribution in [0.25, 0.3) is 0 Å². The predicted octanol–water partition coefficient (Wildman–Crippen LogP) is 3.06. The number of rotatable bonds is 8. The molecule has 0 spiro atoms. The molecular weight excluding hydrogens is 494 g/mol. The third-order valence-corrected chi connectivity index (χ3v) is 7.25. The van der Waals surface area contributed by atoms with E-state index in [0.717, 1.165) is 5.76 Å². The number of aryl methyl sites for hydroxylation is 1. The number of carbonyl (C=O) groups excluding carboxylic acids is 1. The number of nitrogens with one attached hydrogen (secondary N) is 1. The van der Waals surface area contributed by atoms with Gasteiger partial charge in [0.05, 0.1) is 39.9 Å². The van der Waals surface area contributed by atoms with Crippen LogP contribution in [-0.2, 0) is 11.3 Å². The molecule has 3 aromatic rings. The number of benzene rings is 2. The Bertz CT molecular complexity index is 1310. The SMILES string of the molecule is COc1cc(C2c3cc4c(cc3C(O)C(CO)C2C(=O)NCc2ccc(C)o2)OCO4)cc(OC)c1OC. The summed E-state index contributed by atoms with van der Waals surface area (Å²) in [4.78, 5) is 13.8. The third kappa shape index (κ3) is 4.39. The fourth-order valence-electron chi connectivity index (χ4n) is 5.47. The van der Waals surface area contributed by atoms with Crippen LogP contribution in [-0.4, -0.2) is 50.8 Å². The summed E-state index contributed by atoms with van der Waals surface area (Å²) in [6.45, 7) is 1.62. The zero-order valence-corrected chi connectivity index (χ0v) is 21.6. The van der Waals surface area contributed by atoms with Crippen LogP contribution in [0.3, 0.4) is 0 Å². The maximum absolute atomic E-state index is 13.8. The minimum absolute atomic E-state index is 0.0546. The van der Waals surface area contributed by atoms with Gasteiger partial charge in [0.25, 0.3) is 0 Å². The molecule has 0 saturated carbocycles. The Hall–Kier alpha value is -3.89. The molecule has 4 atom stereocenters. The van der Waals surface area contributed by atoms with Gasteiger partial charge >= 0.3 is 0 Å². The molecule has 1 amide bonds. The number of hydrogen-bond donors (Lipinski definition) is 3. The normalized spacial score (nSPS) is 21.5. The first kappa shape index (κ1) is 25.7. The Morgan fingerprint density at radius 1 is 1.00 bits per heavy atom. The molecule has 202 valence electrons. The van der Waals surface area contributed by atoms with E-state index >= 15 is 0 Å². The molecular formula is C28H31NO9. The molecule has 0 radical (unpaired) electrons. The maximum Gasteiger partial charge on any atom is 0.231 e. The summed E-state index contributed by atoms with van der Waals surface area (Å²) in [6, 6.07) is 10.7. The molecule has 3 N–H and O–H groups in total. The summed E-state index contributed by atoms with van der Waals surface area (Å²) < 4.78 is 33.5. The van der Waals surface area contributed by atoms with Crippen molar-refractivity contribution >= 4 is 5.91 Å². The van der Waals surface area contributed by atoms with E-state index in [0.29, 0.717) is 51.2 Å². The number of hydrogen-bond acceptors (Lipinski definition) is 9. The zero-order valence-electron chi connectivity index (χ0n) is 21.6. The van der Waals surface area contributed by atoms with Crippen LogP contribution >= 0.6 is 0 Å². The van der Waals surface area contributed by atoms with Gasteiger partial charge in [0.2, 0.25) is 18.4 Å². The number of aliphatic hydroxyl groups excluding tert-OH is 2. The lowest BCUT2D eigenvalue weighted by Gasteiger charge is -2.41. The largest absolute Gasteiger partial charge is 0.493 e. The molecule has 1 aromatic heterocycles. The standard InChI is InChI=1S/C28H31NO9/c1-14-5-6-16(38-14)11-29-28(32)25-19(12-30)26(31)18-10-21-20(36-13-37-21)9-17(18)24(25)15-7-22(33-2)27(35-4)23(8-15)34-3/h5-10,19,24-26,30-31H,11-13H2,1-4H3,(H,29,32). The molecule has 1 aliphatic carbocycles. The van der Waals surface area contributed by atoms with Crippen molar-refractivity contribution in [1.82, 2.24) is 5.32 Å². The molecule has 38 heavy (non-hydrogen) atoms. The number of aliphatic hydroxyl groups is 2. The number of methoxy groups -OCH3 is 3. The van der Waals surface area contributed by atoms with Gasteiger partial charge in [0, 0.05) is 18.4 Å². The second-order valence-corrected chi connectivity index (χ2v) is 9.32. The smallest absolute Gasteiger partial charge is 0.231 e. The van der Waals surface area contributed by atoms with Crippen LogP contribution in [0.4, 0.5) is 0 Å². The molecule has 2 aromatic carbocycles. The average molecular weight is 526 g/mol. The van der Waals surface area contributed by atoms with E-state index in [9.17, 15) is 15.0 Å². The van der Waals surface area contributed by atoms with Gasteiger partial charge in [-0.3, -0.25) is 4.79 Å². The van der Waals surface area contributed by atoms with Crippen molar-refractivity contribution in [2.24, 2.45) is 11.8 Å². The number of amides is 1. The minimum Gasteiger partial charge on any atom is -0.493 e. The first-order valence-electron chi connectivity index (χ1n) is 12.2. The lowest BCUT2D eigenvalue weighted by Crippen LogP contribution is -2.45. The quantitative estimate of drug-likeness (QED) is 0.406. The molecule has 2 heterocycles. The highest BCUT2D eigenvalue weighted by molar-refractivity contribution is 5.82. The molecule has 4 unspecified atom stereocenters. The summed E-state index contributed by atoms with van der Waals surface area (Å²) in [5.74, 6) is 0.964. The van der Waals surface area contributed by atoms with E-state index in [1.54, 1.807) is 30.3 Å². The number of carbonyl (C=O) groups is 1. The predicted molar refractivity (Wildman–Crippen MR) is 135 cm³/mol. The first-order chi connectivity index (χ1) is 18.4. The van der Waals surface area contributed by atoms with Gasteiger partial charge in [0.15, 0.2) is 23.0 Å². The van der Waals surface area contributed by atoms with Crippen LogP contribution in [0.2, 0.25) is 0 Å². The number of furan rings is 1. The summed E-state index contributed by atoms with van der Waals surface area (Å²) in [5.41, 5.74) is 1.91. The summed E-state index contributed by atoms with van der Waals surface area (Å²) in [6.07, 6.45) is -1.12. The van der Waals surface area contributed by atoms with Gasteiger partial charge in [-0.2, -0.15) is 0 Å². The Kier molecular flexibility index (Phi) is 7.09. The summed E-state index contributed by atoms with van der Waals surface area (Å²) >= 11 is 0. The van der Waals surface area contributed by atoms with Gasteiger partial charge in [0.1, 0.15) is 11.5 Å². The Morgan fingerprint density at radius 2 is 1.66 bits per heavy atom. The summed E-state index contributed by atoms with van der Waals surface area (Å²) in [7, 11) is 4.55. The lowest BCUT2D eigenvalue weighted by atomic mass is 9.64. The number of fused-ring (bicyclic) bond motifs is 2. The Morgan fingerprint density at radius 3 is 2.21 bits per heavy atom. The van der Waals surface area contributed by atoms with Gasteiger partial charge in [-0.05, 0) is 60.0 Å². The maximum atomic E-state index is 13.8. The van der Waals surface area contributed by atoms with Crippen LogP contribution in [0.5, 0.6) is 28.7 Å². The van der Waals surface area contributed by atoms with Gasteiger partial charge < -0.3 is 43.6 Å². The van der Waals surface area contributed by atoms with Crippen molar-refractivity contribution in [2.75, 3.05) is 34.7 Å². The minimum atomic E-state index is -1.12. The van der Waals surface area contributed by atoms with E-state index in [2.05, 4.69) is 5.32 Å². The molecule has 0 saturated heterocycles. The topological polar surface area (TPSA) is 129 Å². The molecule has 5 rings (SSSR count). The van der Waals surface area contributed by atoms with Crippen molar-refractivity contribution in [3.63, 3.8) is 0 Å². The highest BCUT2D eigenvalue weighted by Gasteiger charge is 2.47. The lowest BCUT2D eigenvalue weighted by molar-refractivity contribution is -0.131. The Balaban J connectivity index is 1.66. The monoisotopic (exact) mass is 525 g/mol. The second-order valence-electron chi connectivity index (χ2n) is 9.32. The van der Waals surface area contributed by atoms with E-state index in [-0.39, 0.29) is 19.2 Å². The molecule has 1 aliphatic heterocycles. The zero-order chi connectivity index (χ0) is 27.0. The molecule has 10 heteroatoms. The molecule has 0 bridgehead atoms.